The van der Waals surface area contributed by atoms with Crippen molar-refractivity contribution in [3.8, 4) is 11.3 Å². The molecular formula is C25H26F3N7O3S. The molecule has 0 spiro atoms. The number of rotatable bonds is 7. The second kappa shape index (κ2) is 12.4. The lowest BCUT2D eigenvalue weighted by Crippen LogP contribution is -2.19. The number of halogens is 3. The molecule has 0 atom stereocenters. The number of carbonyl (C=O) groups is 2. The van der Waals surface area contributed by atoms with Crippen LogP contribution in [0.4, 0.5) is 41.0 Å². The maximum absolute atomic E-state index is 12.7. The van der Waals surface area contributed by atoms with Crippen LogP contribution >= 0.6 is 11.3 Å². The molecule has 0 saturated heterocycles. The van der Waals surface area contributed by atoms with Crippen LogP contribution in [0.3, 0.4) is 0 Å². The molecule has 0 radical (unpaired) electrons. The van der Waals surface area contributed by atoms with Crippen LogP contribution in [0.2, 0.25) is 0 Å². The van der Waals surface area contributed by atoms with E-state index in [4.69, 9.17) is 16.6 Å². The van der Waals surface area contributed by atoms with E-state index < -0.39 is 23.7 Å². The zero-order valence-electron chi connectivity index (χ0n) is 20.9. The van der Waals surface area contributed by atoms with Gasteiger partial charge in [0.1, 0.15) is 9.71 Å². The molecule has 206 valence electrons. The molecule has 0 aliphatic rings. The molecule has 4 rings (SSSR count). The molecular weight excluding hydrogens is 535 g/mol. The molecule has 0 saturated carbocycles. The van der Waals surface area contributed by atoms with E-state index in [2.05, 4.69) is 25.9 Å². The number of urea groups is 1. The number of primary amides is 1. The molecule has 2 aromatic heterocycles. The minimum absolute atomic E-state index is 0.120. The number of nitrogen functional groups attached to an aromatic ring is 1. The number of carbonyl (C=O) groups excluding carboxylic acids is 2. The Morgan fingerprint density at radius 2 is 1.69 bits per heavy atom. The predicted molar refractivity (Wildman–Crippen MR) is 147 cm³/mol. The zero-order valence-corrected chi connectivity index (χ0v) is 21.7. The normalized spacial score (nSPS) is 10.9. The van der Waals surface area contributed by atoms with Gasteiger partial charge in [-0.15, -0.1) is 11.3 Å². The van der Waals surface area contributed by atoms with E-state index in [1.54, 1.807) is 24.3 Å². The lowest BCUT2D eigenvalue weighted by atomic mass is 10.1. The first-order valence-corrected chi connectivity index (χ1v) is 12.5. The van der Waals surface area contributed by atoms with E-state index in [9.17, 15) is 22.8 Å². The summed E-state index contributed by atoms with van der Waals surface area (Å²) in [5.41, 5.74) is 12.3. The van der Waals surface area contributed by atoms with Crippen molar-refractivity contribution >= 4 is 56.5 Å². The molecule has 3 amide bonds. The summed E-state index contributed by atoms with van der Waals surface area (Å²) in [6.07, 6.45) is -4.48. The number of fused-ring (bicyclic) bond motifs is 1. The van der Waals surface area contributed by atoms with Crippen molar-refractivity contribution in [3.63, 3.8) is 0 Å². The highest BCUT2D eigenvalue weighted by Crippen LogP contribution is 2.39. The van der Waals surface area contributed by atoms with Crippen LogP contribution in [0.1, 0.15) is 29.1 Å². The molecule has 8 N–H and O–H groups in total. The Hall–Kier alpha value is -4.43. The third kappa shape index (κ3) is 6.91. The Balaban J connectivity index is 0.00000205. The SMILES string of the molecule is CC.NC(=O)c1sc2nc(NCCO)nc(-c3cccc(NC(=O)Nc4ccc(C(F)(F)F)cc4)c3)c2c1N. The molecule has 0 unspecified atom stereocenters. The molecule has 39 heavy (non-hydrogen) atoms. The first kappa shape index (κ1) is 29.1. The van der Waals surface area contributed by atoms with Gasteiger partial charge in [0.2, 0.25) is 5.95 Å². The quantitative estimate of drug-likeness (QED) is 0.182. The van der Waals surface area contributed by atoms with E-state index in [0.717, 1.165) is 35.6 Å². The number of thiophene rings is 1. The second-order valence-electron chi connectivity index (χ2n) is 7.67. The van der Waals surface area contributed by atoms with Gasteiger partial charge in [0.15, 0.2) is 0 Å². The summed E-state index contributed by atoms with van der Waals surface area (Å²) in [4.78, 5) is 33.6. The van der Waals surface area contributed by atoms with Crippen molar-refractivity contribution in [2.45, 2.75) is 20.0 Å². The van der Waals surface area contributed by atoms with Crippen LogP contribution < -0.4 is 27.4 Å². The lowest BCUT2D eigenvalue weighted by Gasteiger charge is -2.12. The van der Waals surface area contributed by atoms with E-state index in [1.807, 2.05) is 13.8 Å². The number of aromatic nitrogens is 2. The summed E-state index contributed by atoms with van der Waals surface area (Å²) in [7, 11) is 0. The summed E-state index contributed by atoms with van der Waals surface area (Å²) in [5.74, 6) is -0.529. The molecule has 2 aromatic carbocycles. The second-order valence-corrected chi connectivity index (χ2v) is 8.67. The van der Waals surface area contributed by atoms with Crippen LogP contribution in [-0.2, 0) is 6.18 Å². The highest BCUT2D eigenvalue weighted by molar-refractivity contribution is 7.21. The maximum atomic E-state index is 12.7. The van der Waals surface area contributed by atoms with Gasteiger partial charge in [0.05, 0.1) is 28.9 Å². The summed E-state index contributed by atoms with van der Waals surface area (Å²) >= 11 is 1.00. The molecule has 14 heteroatoms. The minimum Gasteiger partial charge on any atom is -0.397 e. The van der Waals surface area contributed by atoms with Crippen LogP contribution in [0.5, 0.6) is 0 Å². The van der Waals surface area contributed by atoms with Crippen molar-refractivity contribution in [3.05, 3.63) is 59.0 Å². The lowest BCUT2D eigenvalue weighted by molar-refractivity contribution is -0.137. The number of nitrogens with zero attached hydrogens (tertiary/aromatic N) is 2. The molecule has 10 nitrogen and oxygen atoms in total. The number of alkyl halides is 3. The van der Waals surface area contributed by atoms with Gasteiger partial charge in [-0.05, 0) is 36.4 Å². The van der Waals surface area contributed by atoms with Crippen LogP contribution in [0.25, 0.3) is 21.5 Å². The van der Waals surface area contributed by atoms with E-state index in [-0.39, 0.29) is 35.4 Å². The average molecular weight is 562 g/mol. The van der Waals surface area contributed by atoms with E-state index >= 15 is 0 Å². The summed E-state index contributed by atoms with van der Waals surface area (Å²) in [5, 5.41) is 17.5. The molecule has 4 aromatic rings. The van der Waals surface area contributed by atoms with Gasteiger partial charge >= 0.3 is 12.2 Å². The molecule has 2 heterocycles. The van der Waals surface area contributed by atoms with Crippen molar-refractivity contribution < 1.29 is 27.9 Å². The van der Waals surface area contributed by atoms with Crippen molar-refractivity contribution in [1.29, 1.82) is 0 Å². The van der Waals surface area contributed by atoms with Gasteiger partial charge in [-0.2, -0.15) is 13.2 Å². The number of nitrogens with one attached hydrogen (secondary N) is 3. The number of hydrogen-bond donors (Lipinski definition) is 6. The van der Waals surface area contributed by atoms with E-state index in [0.29, 0.717) is 27.2 Å². The molecule has 0 aliphatic carbocycles. The first-order valence-electron chi connectivity index (χ1n) is 11.7. The van der Waals surface area contributed by atoms with Crippen molar-refractivity contribution in [2.75, 3.05) is 34.8 Å². The number of nitrogens with two attached hydrogens (primary N) is 2. The fourth-order valence-electron chi connectivity index (χ4n) is 3.44. The predicted octanol–water partition coefficient (Wildman–Crippen LogP) is 5.13. The number of anilines is 4. The third-order valence-corrected chi connectivity index (χ3v) is 6.19. The minimum atomic E-state index is -4.48. The standard InChI is InChI=1S/C23H20F3N7O3S.C2H6/c24-23(25,26)12-4-6-13(7-5-12)30-22(36)31-14-3-1-2-11(10-14)17-15-16(27)18(19(28)35)37-20(15)33-21(32-17)29-8-9-34;1-2/h1-7,10,34H,8-9,27H2,(H2,28,35)(H,29,32,33)(H2,30,31,36);1-2H3. The van der Waals surface area contributed by atoms with Crippen molar-refractivity contribution in [1.82, 2.24) is 9.97 Å². The number of aliphatic hydroxyl groups is 1. The summed E-state index contributed by atoms with van der Waals surface area (Å²) in [6.45, 7) is 4.02. The van der Waals surface area contributed by atoms with E-state index in [1.165, 1.54) is 0 Å². The average Bonchev–Trinajstić information content (AvgIpc) is 3.24. The van der Waals surface area contributed by atoms with Gasteiger partial charge in [0, 0.05) is 23.5 Å². The number of benzene rings is 2. The Morgan fingerprint density at radius 3 is 2.31 bits per heavy atom. The monoisotopic (exact) mass is 561 g/mol. The van der Waals surface area contributed by atoms with Gasteiger partial charge in [-0.3, -0.25) is 4.79 Å². The fourth-order valence-corrected chi connectivity index (χ4v) is 4.39. The topological polar surface area (TPSA) is 168 Å². The van der Waals surface area contributed by atoms with Gasteiger partial charge in [-0.1, -0.05) is 26.0 Å². The third-order valence-electron chi connectivity index (χ3n) is 5.07. The van der Waals surface area contributed by atoms with Crippen LogP contribution in [-0.4, -0.2) is 40.2 Å². The van der Waals surface area contributed by atoms with Gasteiger partial charge < -0.3 is 32.5 Å². The Labute approximate surface area is 225 Å². The zero-order chi connectivity index (χ0) is 28.7. The Morgan fingerprint density at radius 1 is 1.03 bits per heavy atom. The number of hydrogen-bond acceptors (Lipinski definition) is 8. The van der Waals surface area contributed by atoms with Gasteiger partial charge in [-0.25, -0.2) is 14.8 Å². The highest BCUT2D eigenvalue weighted by atomic mass is 32.1. The number of aliphatic hydroxyl groups excluding tert-OH is 1. The van der Waals surface area contributed by atoms with Crippen molar-refractivity contribution in [2.24, 2.45) is 5.73 Å². The van der Waals surface area contributed by atoms with Crippen LogP contribution in [0, 0.1) is 0 Å². The fraction of sp³-hybridized carbons (Fsp3) is 0.200. The Bertz CT molecular complexity index is 1470. The molecule has 0 fully saturated rings. The number of amides is 3. The molecule has 0 aliphatic heterocycles. The smallest absolute Gasteiger partial charge is 0.397 e. The largest absolute Gasteiger partial charge is 0.416 e. The first-order chi connectivity index (χ1) is 18.6. The molecule has 0 bridgehead atoms. The summed E-state index contributed by atoms with van der Waals surface area (Å²) in [6, 6.07) is 9.90. The maximum Gasteiger partial charge on any atom is 0.416 e. The Kier molecular flexibility index (Phi) is 9.27. The van der Waals surface area contributed by atoms with Gasteiger partial charge in [0.25, 0.3) is 5.91 Å². The summed E-state index contributed by atoms with van der Waals surface area (Å²) < 4.78 is 38.2. The van der Waals surface area contributed by atoms with Crippen LogP contribution in [0.15, 0.2) is 48.5 Å². The highest BCUT2D eigenvalue weighted by Gasteiger charge is 2.30.